The van der Waals surface area contributed by atoms with Gasteiger partial charge in [0, 0.05) is 31.5 Å². The highest BCUT2D eigenvalue weighted by Gasteiger charge is 2.17. The van der Waals surface area contributed by atoms with Gasteiger partial charge in [0.2, 0.25) is 0 Å². The maximum Gasteiger partial charge on any atom is 0.328 e. The molecule has 2 N–H and O–H groups in total. The number of amides is 1. The Kier molecular flexibility index (Phi) is 5.65. The molecule has 8 nitrogen and oxygen atoms in total. The summed E-state index contributed by atoms with van der Waals surface area (Å²) < 4.78 is 6.61. The maximum atomic E-state index is 12.4. The number of ether oxygens (including phenoxy) is 1. The number of morpholine rings is 1. The van der Waals surface area contributed by atoms with Crippen LogP contribution in [0, 0.1) is 0 Å². The monoisotopic (exact) mass is 358 g/mol. The molecule has 138 valence electrons. The molecule has 1 fully saturated rings. The minimum Gasteiger partial charge on any atom is -0.480 e. The molecule has 1 aliphatic heterocycles. The van der Waals surface area contributed by atoms with E-state index in [1.165, 1.54) is 23.9 Å². The Hall–Kier alpha value is -2.71. The fourth-order valence-corrected chi connectivity index (χ4v) is 2.75. The van der Waals surface area contributed by atoms with Crippen molar-refractivity contribution in [3.63, 3.8) is 0 Å². The molecule has 0 bridgehead atoms. The SMILES string of the molecule is CC(C(=O)O)n1ccc(C(=O)Nc2cccc(CN3CCOCC3)c2)n1. The molecule has 1 saturated heterocycles. The van der Waals surface area contributed by atoms with Crippen LogP contribution in [0.1, 0.15) is 29.0 Å². The van der Waals surface area contributed by atoms with Crippen LogP contribution < -0.4 is 5.32 Å². The number of aromatic nitrogens is 2. The molecule has 1 aliphatic rings. The van der Waals surface area contributed by atoms with Crippen molar-refractivity contribution >= 4 is 17.6 Å². The summed E-state index contributed by atoms with van der Waals surface area (Å²) in [6.45, 7) is 5.59. The summed E-state index contributed by atoms with van der Waals surface area (Å²) in [5, 5.41) is 15.9. The van der Waals surface area contributed by atoms with E-state index in [0.717, 1.165) is 38.4 Å². The molecule has 0 aliphatic carbocycles. The standard InChI is InChI=1S/C18H22N4O4/c1-13(18(24)25)22-6-5-16(20-22)17(23)19-15-4-2-3-14(11-15)12-21-7-9-26-10-8-21/h2-6,11,13H,7-10,12H2,1H3,(H,19,23)(H,24,25). The Morgan fingerprint density at radius 2 is 2.08 bits per heavy atom. The summed E-state index contributed by atoms with van der Waals surface area (Å²) in [6.07, 6.45) is 1.49. The molecule has 1 amide bonds. The summed E-state index contributed by atoms with van der Waals surface area (Å²) in [5.41, 5.74) is 1.97. The van der Waals surface area contributed by atoms with E-state index in [1.807, 2.05) is 24.3 Å². The van der Waals surface area contributed by atoms with Crippen LogP contribution in [0.4, 0.5) is 5.69 Å². The van der Waals surface area contributed by atoms with Crippen molar-refractivity contribution < 1.29 is 19.4 Å². The molecule has 2 heterocycles. The van der Waals surface area contributed by atoms with Gasteiger partial charge in [0.1, 0.15) is 6.04 Å². The first-order valence-corrected chi connectivity index (χ1v) is 8.51. The van der Waals surface area contributed by atoms with E-state index in [2.05, 4.69) is 15.3 Å². The second kappa shape index (κ2) is 8.11. The average Bonchev–Trinajstić information content (AvgIpc) is 3.12. The van der Waals surface area contributed by atoms with Gasteiger partial charge >= 0.3 is 5.97 Å². The minimum atomic E-state index is -1.00. The zero-order chi connectivity index (χ0) is 18.5. The van der Waals surface area contributed by atoms with Gasteiger partial charge in [-0.2, -0.15) is 5.10 Å². The molecule has 0 radical (unpaired) electrons. The second-order valence-electron chi connectivity index (χ2n) is 6.24. The number of hydrogen-bond donors (Lipinski definition) is 2. The van der Waals surface area contributed by atoms with E-state index >= 15 is 0 Å². The molecule has 2 aromatic rings. The molecule has 3 rings (SSSR count). The third-order valence-electron chi connectivity index (χ3n) is 4.29. The van der Waals surface area contributed by atoms with Gasteiger partial charge in [0.15, 0.2) is 5.69 Å². The zero-order valence-electron chi connectivity index (χ0n) is 14.6. The van der Waals surface area contributed by atoms with Crippen molar-refractivity contribution in [2.45, 2.75) is 19.5 Å². The highest BCUT2D eigenvalue weighted by Crippen LogP contribution is 2.15. The molecule has 1 aromatic carbocycles. The van der Waals surface area contributed by atoms with Crippen LogP contribution in [0.2, 0.25) is 0 Å². The number of aliphatic carboxylic acids is 1. The number of nitrogens with zero attached hydrogens (tertiary/aromatic N) is 3. The number of rotatable bonds is 6. The first kappa shape index (κ1) is 18.1. The molecular weight excluding hydrogens is 336 g/mol. The predicted octanol–water partition coefficient (Wildman–Crippen LogP) is 1.61. The van der Waals surface area contributed by atoms with Crippen LogP contribution in [0.25, 0.3) is 0 Å². The van der Waals surface area contributed by atoms with E-state index in [4.69, 9.17) is 9.84 Å². The van der Waals surface area contributed by atoms with Crippen molar-refractivity contribution in [1.29, 1.82) is 0 Å². The number of carbonyl (C=O) groups excluding carboxylic acids is 1. The lowest BCUT2D eigenvalue weighted by molar-refractivity contribution is -0.140. The van der Waals surface area contributed by atoms with Crippen molar-refractivity contribution in [2.24, 2.45) is 0 Å². The Morgan fingerprint density at radius 1 is 1.31 bits per heavy atom. The van der Waals surface area contributed by atoms with E-state index in [-0.39, 0.29) is 11.6 Å². The van der Waals surface area contributed by atoms with Crippen LogP contribution in [-0.2, 0) is 16.1 Å². The molecule has 8 heteroatoms. The number of hydrogen-bond acceptors (Lipinski definition) is 5. The van der Waals surface area contributed by atoms with Gasteiger partial charge in [-0.25, -0.2) is 4.79 Å². The summed E-state index contributed by atoms with van der Waals surface area (Å²) >= 11 is 0. The molecule has 26 heavy (non-hydrogen) atoms. The Morgan fingerprint density at radius 3 is 2.81 bits per heavy atom. The number of anilines is 1. The maximum absolute atomic E-state index is 12.4. The second-order valence-corrected chi connectivity index (χ2v) is 6.24. The van der Waals surface area contributed by atoms with Crippen LogP contribution in [0.5, 0.6) is 0 Å². The van der Waals surface area contributed by atoms with Gasteiger partial charge in [-0.3, -0.25) is 14.4 Å². The van der Waals surface area contributed by atoms with Crippen molar-refractivity contribution in [3.8, 4) is 0 Å². The fourth-order valence-electron chi connectivity index (χ4n) is 2.75. The van der Waals surface area contributed by atoms with E-state index < -0.39 is 12.0 Å². The molecule has 0 saturated carbocycles. The van der Waals surface area contributed by atoms with Gasteiger partial charge in [-0.1, -0.05) is 12.1 Å². The molecule has 1 unspecified atom stereocenters. The van der Waals surface area contributed by atoms with Crippen LogP contribution >= 0.6 is 0 Å². The third-order valence-corrected chi connectivity index (χ3v) is 4.29. The first-order valence-electron chi connectivity index (χ1n) is 8.51. The lowest BCUT2D eigenvalue weighted by Crippen LogP contribution is -2.35. The van der Waals surface area contributed by atoms with Gasteiger partial charge in [0.05, 0.1) is 13.2 Å². The Balaban J connectivity index is 1.64. The Labute approximate surface area is 151 Å². The normalized spacial score (nSPS) is 16.2. The van der Waals surface area contributed by atoms with Crippen molar-refractivity contribution in [2.75, 3.05) is 31.6 Å². The topological polar surface area (TPSA) is 96.7 Å². The number of carboxylic acids is 1. The quantitative estimate of drug-likeness (QED) is 0.814. The third kappa shape index (κ3) is 4.47. The van der Waals surface area contributed by atoms with E-state index in [1.54, 1.807) is 0 Å². The van der Waals surface area contributed by atoms with E-state index in [0.29, 0.717) is 5.69 Å². The van der Waals surface area contributed by atoms with Gasteiger partial charge in [-0.15, -0.1) is 0 Å². The van der Waals surface area contributed by atoms with Crippen LogP contribution in [0.3, 0.4) is 0 Å². The fraction of sp³-hybridized carbons (Fsp3) is 0.389. The number of nitrogens with one attached hydrogen (secondary N) is 1. The minimum absolute atomic E-state index is 0.177. The molecule has 0 spiro atoms. The lowest BCUT2D eigenvalue weighted by Gasteiger charge is -2.26. The van der Waals surface area contributed by atoms with E-state index in [9.17, 15) is 9.59 Å². The smallest absolute Gasteiger partial charge is 0.328 e. The summed E-state index contributed by atoms with van der Waals surface area (Å²) in [6, 6.07) is 8.35. The predicted molar refractivity (Wildman–Crippen MR) is 95.1 cm³/mol. The zero-order valence-corrected chi connectivity index (χ0v) is 14.6. The first-order chi connectivity index (χ1) is 12.5. The summed E-state index contributed by atoms with van der Waals surface area (Å²) in [7, 11) is 0. The van der Waals surface area contributed by atoms with Gasteiger partial charge in [-0.05, 0) is 30.7 Å². The highest BCUT2D eigenvalue weighted by molar-refractivity contribution is 6.02. The largest absolute Gasteiger partial charge is 0.480 e. The van der Waals surface area contributed by atoms with Crippen LogP contribution in [0.15, 0.2) is 36.5 Å². The van der Waals surface area contributed by atoms with Crippen molar-refractivity contribution in [3.05, 3.63) is 47.8 Å². The molecular formula is C18H22N4O4. The lowest BCUT2D eigenvalue weighted by atomic mass is 10.2. The highest BCUT2D eigenvalue weighted by atomic mass is 16.5. The number of carboxylic acid groups (broad SMARTS) is 1. The van der Waals surface area contributed by atoms with Gasteiger partial charge in [0.25, 0.3) is 5.91 Å². The molecule has 1 aromatic heterocycles. The average molecular weight is 358 g/mol. The van der Waals surface area contributed by atoms with Gasteiger partial charge < -0.3 is 15.2 Å². The van der Waals surface area contributed by atoms with Crippen molar-refractivity contribution in [1.82, 2.24) is 14.7 Å². The van der Waals surface area contributed by atoms with Crippen LogP contribution in [-0.4, -0.2) is 58.0 Å². The summed E-state index contributed by atoms with van der Waals surface area (Å²) in [4.78, 5) is 25.7. The number of benzene rings is 1. The number of carbonyl (C=O) groups is 2. The Bertz CT molecular complexity index is 783. The summed E-state index contributed by atoms with van der Waals surface area (Å²) in [5.74, 6) is -1.37. The molecule has 1 atom stereocenters.